The van der Waals surface area contributed by atoms with E-state index in [4.69, 9.17) is 5.73 Å². The molecular weight excluding hydrogens is 294 g/mol. The van der Waals surface area contributed by atoms with E-state index in [1.54, 1.807) is 11.4 Å². The van der Waals surface area contributed by atoms with Crippen LogP contribution in [0.4, 0.5) is 0 Å². The van der Waals surface area contributed by atoms with Gasteiger partial charge in [0.2, 0.25) is 10.0 Å². The minimum absolute atomic E-state index is 0.0503. The lowest BCUT2D eigenvalue weighted by atomic mass is 10.1. The zero-order valence-corrected chi connectivity index (χ0v) is 13.5. The summed E-state index contributed by atoms with van der Waals surface area (Å²) in [6.07, 6.45) is 2.91. The van der Waals surface area contributed by atoms with Crippen molar-refractivity contribution < 1.29 is 8.42 Å². The molecule has 0 atom stereocenters. The molecule has 1 aliphatic rings. The van der Waals surface area contributed by atoms with Crippen LogP contribution in [-0.2, 0) is 16.6 Å². The van der Waals surface area contributed by atoms with Gasteiger partial charge in [0.1, 0.15) is 0 Å². The smallest absolute Gasteiger partial charge is 0.241 e. The molecule has 1 aromatic rings. The van der Waals surface area contributed by atoms with Crippen molar-refractivity contribution in [3.63, 3.8) is 0 Å². The molecule has 114 valence electrons. The van der Waals surface area contributed by atoms with E-state index >= 15 is 0 Å². The van der Waals surface area contributed by atoms with Crippen molar-refractivity contribution in [3.05, 3.63) is 16.3 Å². The first-order chi connectivity index (χ1) is 9.55. The van der Waals surface area contributed by atoms with Gasteiger partial charge in [-0.1, -0.05) is 6.92 Å². The predicted octanol–water partition coefficient (Wildman–Crippen LogP) is 1.36. The van der Waals surface area contributed by atoms with Crippen LogP contribution in [-0.4, -0.2) is 39.0 Å². The summed E-state index contributed by atoms with van der Waals surface area (Å²) in [6.45, 7) is 5.59. The molecule has 3 N–H and O–H groups in total. The number of nitrogens with two attached hydrogens (primary N) is 1. The van der Waals surface area contributed by atoms with Crippen molar-refractivity contribution in [2.75, 3.05) is 19.6 Å². The molecule has 0 unspecified atom stereocenters. The van der Waals surface area contributed by atoms with Crippen LogP contribution in [0.25, 0.3) is 0 Å². The van der Waals surface area contributed by atoms with Gasteiger partial charge in [0.15, 0.2) is 0 Å². The molecular formula is C13H23N3O2S2. The third kappa shape index (κ3) is 4.02. The molecule has 1 aromatic heterocycles. The van der Waals surface area contributed by atoms with Crippen LogP contribution < -0.4 is 10.5 Å². The highest BCUT2D eigenvalue weighted by atomic mass is 32.2. The second-order valence-corrected chi connectivity index (χ2v) is 7.90. The molecule has 0 aliphatic carbocycles. The first-order valence-electron chi connectivity index (χ1n) is 7.07. The van der Waals surface area contributed by atoms with Crippen LogP contribution in [0.3, 0.4) is 0 Å². The minimum Gasteiger partial charge on any atom is -0.326 e. The molecule has 0 saturated carbocycles. The van der Waals surface area contributed by atoms with Crippen LogP contribution in [0, 0.1) is 0 Å². The standard InChI is InChI=1S/C13H23N3O2S2/c1-2-5-16-6-3-11(4-7-16)15-20(17,18)13-8-12(9-14)19-10-13/h8,10-11,15H,2-7,9,14H2,1H3. The molecule has 0 amide bonds. The zero-order valence-electron chi connectivity index (χ0n) is 11.8. The quantitative estimate of drug-likeness (QED) is 0.831. The topological polar surface area (TPSA) is 75.4 Å². The minimum atomic E-state index is -3.39. The molecule has 1 saturated heterocycles. The Morgan fingerprint density at radius 1 is 1.45 bits per heavy atom. The third-order valence-electron chi connectivity index (χ3n) is 3.59. The van der Waals surface area contributed by atoms with E-state index in [9.17, 15) is 8.42 Å². The van der Waals surface area contributed by atoms with Gasteiger partial charge in [0.25, 0.3) is 0 Å². The SMILES string of the molecule is CCCN1CCC(NS(=O)(=O)c2csc(CN)c2)CC1. The second kappa shape index (κ2) is 7.00. The monoisotopic (exact) mass is 317 g/mol. The van der Waals surface area contributed by atoms with Gasteiger partial charge in [-0.05, 0) is 45.0 Å². The number of sulfonamides is 1. The molecule has 0 radical (unpaired) electrons. The normalized spacial score (nSPS) is 18.5. The van der Waals surface area contributed by atoms with E-state index in [0.29, 0.717) is 11.4 Å². The van der Waals surface area contributed by atoms with Gasteiger partial charge in [-0.2, -0.15) is 0 Å². The maximum absolute atomic E-state index is 12.3. The summed E-state index contributed by atoms with van der Waals surface area (Å²) in [5.41, 5.74) is 5.52. The summed E-state index contributed by atoms with van der Waals surface area (Å²) in [6, 6.07) is 1.72. The number of likely N-dealkylation sites (tertiary alicyclic amines) is 1. The fourth-order valence-corrected chi connectivity index (χ4v) is 4.95. The Labute approximate surface area is 125 Å². The van der Waals surface area contributed by atoms with Gasteiger partial charge >= 0.3 is 0 Å². The van der Waals surface area contributed by atoms with Gasteiger partial charge in [0, 0.05) is 22.8 Å². The first-order valence-corrected chi connectivity index (χ1v) is 9.43. The van der Waals surface area contributed by atoms with E-state index < -0.39 is 10.0 Å². The third-order valence-corrected chi connectivity index (χ3v) is 6.20. The molecule has 2 heterocycles. The first kappa shape index (κ1) is 15.9. The van der Waals surface area contributed by atoms with Crippen molar-refractivity contribution in [1.29, 1.82) is 0 Å². The lowest BCUT2D eigenvalue weighted by Gasteiger charge is -2.31. The Bertz CT molecular complexity index is 519. The van der Waals surface area contributed by atoms with Crippen molar-refractivity contribution in [2.45, 2.75) is 43.7 Å². The summed E-state index contributed by atoms with van der Waals surface area (Å²) < 4.78 is 27.4. The summed E-state index contributed by atoms with van der Waals surface area (Å²) in [4.78, 5) is 3.63. The number of rotatable bonds is 6. The van der Waals surface area contributed by atoms with Crippen molar-refractivity contribution >= 4 is 21.4 Å². The molecule has 0 spiro atoms. The molecule has 7 heteroatoms. The average Bonchev–Trinajstić information content (AvgIpc) is 2.91. The maximum atomic E-state index is 12.3. The van der Waals surface area contributed by atoms with E-state index in [1.165, 1.54) is 11.3 Å². The molecule has 0 aromatic carbocycles. The number of hydrogen-bond acceptors (Lipinski definition) is 5. The maximum Gasteiger partial charge on any atom is 0.241 e. The Morgan fingerprint density at radius 2 is 2.15 bits per heavy atom. The molecule has 0 bridgehead atoms. The Balaban J connectivity index is 1.92. The lowest BCUT2D eigenvalue weighted by molar-refractivity contribution is 0.208. The Morgan fingerprint density at radius 3 is 2.70 bits per heavy atom. The number of thiophene rings is 1. The second-order valence-electron chi connectivity index (χ2n) is 5.19. The fraction of sp³-hybridized carbons (Fsp3) is 0.692. The van der Waals surface area contributed by atoms with E-state index in [0.717, 1.165) is 43.8 Å². The van der Waals surface area contributed by atoms with Crippen LogP contribution in [0.2, 0.25) is 0 Å². The van der Waals surface area contributed by atoms with Gasteiger partial charge in [-0.15, -0.1) is 11.3 Å². The van der Waals surface area contributed by atoms with Gasteiger partial charge in [-0.25, -0.2) is 13.1 Å². The molecule has 1 fully saturated rings. The van der Waals surface area contributed by atoms with Crippen molar-refractivity contribution in [2.24, 2.45) is 5.73 Å². The van der Waals surface area contributed by atoms with Crippen LogP contribution >= 0.6 is 11.3 Å². The van der Waals surface area contributed by atoms with Crippen molar-refractivity contribution in [3.8, 4) is 0 Å². The molecule has 2 rings (SSSR count). The van der Waals surface area contributed by atoms with Crippen LogP contribution in [0.15, 0.2) is 16.3 Å². The van der Waals surface area contributed by atoms with E-state index in [-0.39, 0.29) is 6.04 Å². The van der Waals surface area contributed by atoms with Gasteiger partial charge in [-0.3, -0.25) is 0 Å². The van der Waals surface area contributed by atoms with Crippen LogP contribution in [0.5, 0.6) is 0 Å². The summed E-state index contributed by atoms with van der Waals surface area (Å²) in [7, 11) is -3.39. The fourth-order valence-electron chi connectivity index (χ4n) is 2.49. The Kier molecular flexibility index (Phi) is 5.57. The molecule has 1 aliphatic heterocycles. The number of piperidine rings is 1. The number of nitrogens with one attached hydrogen (secondary N) is 1. The highest BCUT2D eigenvalue weighted by Crippen LogP contribution is 2.20. The summed E-state index contributed by atoms with van der Waals surface area (Å²) in [5.74, 6) is 0. The molecule has 5 nitrogen and oxygen atoms in total. The van der Waals surface area contributed by atoms with Gasteiger partial charge < -0.3 is 10.6 Å². The average molecular weight is 317 g/mol. The molecule has 20 heavy (non-hydrogen) atoms. The predicted molar refractivity (Wildman–Crippen MR) is 82.3 cm³/mol. The highest BCUT2D eigenvalue weighted by Gasteiger charge is 2.24. The van der Waals surface area contributed by atoms with E-state index in [1.807, 2.05) is 0 Å². The zero-order chi connectivity index (χ0) is 14.6. The number of hydrogen-bond donors (Lipinski definition) is 2. The summed E-state index contributed by atoms with van der Waals surface area (Å²) >= 11 is 1.39. The number of nitrogens with zero attached hydrogens (tertiary/aromatic N) is 1. The highest BCUT2D eigenvalue weighted by molar-refractivity contribution is 7.89. The largest absolute Gasteiger partial charge is 0.326 e. The Hall–Kier alpha value is -0.470. The lowest BCUT2D eigenvalue weighted by Crippen LogP contribution is -2.44. The summed E-state index contributed by atoms with van der Waals surface area (Å²) in [5, 5.41) is 1.66. The van der Waals surface area contributed by atoms with Crippen LogP contribution in [0.1, 0.15) is 31.1 Å². The van der Waals surface area contributed by atoms with E-state index in [2.05, 4.69) is 16.5 Å². The van der Waals surface area contributed by atoms with Crippen molar-refractivity contribution in [1.82, 2.24) is 9.62 Å². The van der Waals surface area contributed by atoms with Gasteiger partial charge in [0.05, 0.1) is 4.90 Å².